The van der Waals surface area contributed by atoms with Crippen molar-refractivity contribution in [3.05, 3.63) is 62.1 Å². The molecule has 3 rings (SSSR count). The number of likely N-dealkylation sites (N-methyl/N-ethyl adjacent to an activating group) is 2. The highest BCUT2D eigenvalue weighted by Crippen LogP contribution is 2.35. The maximum atomic E-state index is 12.3. The molecule has 0 saturated carbocycles. The van der Waals surface area contributed by atoms with Crippen LogP contribution >= 0.6 is 39.1 Å². The molecule has 0 unspecified atom stereocenters. The van der Waals surface area contributed by atoms with Crippen molar-refractivity contribution in [2.75, 3.05) is 27.3 Å². The molecule has 4 amide bonds. The lowest BCUT2D eigenvalue weighted by Crippen LogP contribution is -2.52. The number of nitrogens with zero attached hydrogens (tertiary/aromatic N) is 2. The zero-order valence-corrected chi connectivity index (χ0v) is 19.6. The van der Waals surface area contributed by atoms with Crippen molar-refractivity contribution < 1.29 is 23.9 Å². The molecule has 1 fully saturated rings. The van der Waals surface area contributed by atoms with E-state index in [2.05, 4.69) is 15.9 Å². The number of benzene rings is 2. The number of carbonyl (C=O) groups excluding carboxylic acids is 3. The van der Waals surface area contributed by atoms with Gasteiger partial charge in [0.05, 0.1) is 10.0 Å². The Morgan fingerprint density at radius 3 is 1.97 bits per heavy atom. The molecule has 0 aliphatic carbocycles. The number of halogens is 3. The summed E-state index contributed by atoms with van der Waals surface area (Å²) in [5, 5.41) is 0.410. The Morgan fingerprint density at radius 1 is 0.903 bits per heavy atom. The summed E-state index contributed by atoms with van der Waals surface area (Å²) in [5.41, 5.74) is 0.245. The van der Waals surface area contributed by atoms with Crippen LogP contribution in [0.1, 0.15) is 5.56 Å². The third-order valence-electron chi connectivity index (χ3n) is 4.39. The number of carbonyl (C=O) groups is 3. The first-order valence-corrected chi connectivity index (χ1v) is 10.6. The first-order valence-electron chi connectivity index (χ1n) is 9.01. The van der Waals surface area contributed by atoms with E-state index in [1.807, 2.05) is 24.3 Å². The Morgan fingerprint density at radius 2 is 1.42 bits per heavy atom. The summed E-state index contributed by atoms with van der Waals surface area (Å²) in [6, 6.07) is 9.71. The van der Waals surface area contributed by atoms with Gasteiger partial charge in [-0.15, -0.1) is 0 Å². The second kappa shape index (κ2) is 9.72. The molecule has 0 spiro atoms. The highest BCUT2D eigenvalue weighted by Gasteiger charge is 2.37. The van der Waals surface area contributed by atoms with Crippen LogP contribution in [0.4, 0.5) is 4.79 Å². The van der Waals surface area contributed by atoms with Crippen molar-refractivity contribution in [3.63, 3.8) is 0 Å². The Labute approximate surface area is 197 Å². The molecule has 1 aliphatic rings. The minimum atomic E-state index is -0.703. The van der Waals surface area contributed by atoms with Gasteiger partial charge in [-0.05, 0) is 48.0 Å². The number of hydrogen-bond donors (Lipinski definition) is 0. The van der Waals surface area contributed by atoms with Gasteiger partial charge in [-0.2, -0.15) is 0 Å². The quantitative estimate of drug-likeness (QED) is 0.310. The van der Waals surface area contributed by atoms with Crippen LogP contribution in [0.15, 0.2) is 46.4 Å². The zero-order valence-electron chi connectivity index (χ0n) is 16.5. The predicted octanol–water partition coefficient (Wildman–Crippen LogP) is 4.65. The molecule has 10 heteroatoms. The standard InChI is InChI=1S/C21H17BrCl2N2O5/c1-25-19(27)15(20(28)26(2)21(25)29)9-12-10-16(23)18(17(24)11-12)31-8-7-30-14-5-3-13(22)4-6-14/h3-6,9-11H,7-8H2,1-2H3. The van der Waals surface area contributed by atoms with Gasteiger partial charge >= 0.3 is 6.03 Å². The maximum Gasteiger partial charge on any atom is 0.333 e. The fraction of sp³-hybridized carbons (Fsp3) is 0.190. The second-order valence-electron chi connectivity index (χ2n) is 6.53. The van der Waals surface area contributed by atoms with E-state index in [4.69, 9.17) is 32.7 Å². The summed E-state index contributed by atoms with van der Waals surface area (Å²) in [5.74, 6) is -0.451. The monoisotopic (exact) mass is 526 g/mol. The first kappa shape index (κ1) is 23.1. The molecule has 31 heavy (non-hydrogen) atoms. The third kappa shape index (κ3) is 5.20. The lowest BCUT2D eigenvalue weighted by molar-refractivity contribution is -0.134. The van der Waals surface area contributed by atoms with Gasteiger partial charge in [0.15, 0.2) is 5.75 Å². The molecular weight excluding hydrogens is 511 g/mol. The molecule has 1 aliphatic heterocycles. The second-order valence-corrected chi connectivity index (χ2v) is 8.26. The fourth-order valence-corrected chi connectivity index (χ4v) is 3.65. The lowest BCUT2D eigenvalue weighted by atomic mass is 10.1. The normalized spacial score (nSPS) is 14.2. The number of ether oxygens (including phenoxy) is 2. The van der Waals surface area contributed by atoms with Crippen LogP contribution < -0.4 is 9.47 Å². The summed E-state index contributed by atoms with van der Waals surface area (Å²) in [6.07, 6.45) is 1.34. The van der Waals surface area contributed by atoms with Crippen LogP contribution in [-0.2, 0) is 9.59 Å². The van der Waals surface area contributed by atoms with Crippen LogP contribution in [0.2, 0.25) is 10.0 Å². The predicted molar refractivity (Wildman–Crippen MR) is 121 cm³/mol. The van der Waals surface area contributed by atoms with Crippen LogP contribution in [0.3, 0.4) is 0 Å². The summed E-state index contributed by atoms with van der Waals surface area (Å²) < 4.78 is 12.2. The number of rotatable bonds is 6. The van der Waals surface area contributed by atoms with Crippen molar-refractivity contribution in [3.8, 4) is 11.5 Å². The number of barbiturate groups is 1. The molecular formula is C21H17BrCl2N2O5. The molecule has 2 aromatic rings. The van der Waals surface area contributed by atoms with Gasteiger partial charge in [-0.25, -0.2) is 4.79 Å². The molecule has 1 heterocycles. The highest BCUT2D eigenvalue weighted by molar-refractivity contribution is 9.10. The number of hydrogen-bond acceptors (Lipinski definition) is 5. The Balaban J connectivity index is 1.70. The van der Waals surface area contributed by atoms with E-state index < -0.39 is 17.8 Å². The van der Waals surface area contributed by atoms with E-state index in [0.29, 0.717) is 11.3 Å². The zero-order chi connectivity index (χ0) is 22.7. The van der Waals surface area contributed by atoms with E-state index in [1.165, 1.54) is 32.3 Å². The Bertz CT molecular complexity index is 1020. The van der Waals surface area contributed by atoms with Gasteiger partial charge in [0.1, 0.15) is 24.5 Å². The smallest absolute Gasteiger partial charge is 0.333 e. The number of amides is 4. The minimum absolute atomic E-state index is 0.173. The van der Waals surface area contributed by atoms with E-state index in [-0.39, 0.29) is 34.6 Å². The van der Waals surface area contributed by atoms with Gasteiger partial charge in [0, 0.05) is 18.6 Å². The van der Waals surface area contributed by atoms with E-state index >= 15 is 0 Å². The average molecular weight is 528 g/mol. The van der Waals surface area contributed by atoms with E-state index in [1.54, 1.807) is 0 Å². The summed E-state index contributed by atoms with van der Waals surface area (Å²) in [6.45, 7) is 0.473. The number of urea groups is 1. The Kier molecular flexibility index (Phi) is 7.25. The first-order chi connectivity index (χ1) is 14.7. The molecule has 7 nitrogen and oxygen atoms in total. The molecule has 162 valence electrons. The maximum absolute atomic E-state index is 12.3. The molecule has 2 aromatic carbocycles. The summed E-state index contributed by atoms with van der Waals surface area (Å²) in [7, 11) is 2.60. The van der Waals surface area contributed by atoms with Crippen molar-refractivity contribution in [2.24, 2.45) is 0 Å². The minimum Gasteiger partial charge on any atom is -0.490 e. The van der Waals surface area contributed by atoms with Crippen molar-refractivity contribution in [1.29, 1.82) is 0 Å². The van der Waals surface area contributed by atoms with Gasteiger partial charge in [-0.1, -0.05) is 39.1 Å². The third-order valence-corrected chi connectivity index (χ3v) is 5.48. The SMILES string of the molecule is CN1C(=O)C(=Cc2cc(Cl)c(OCCOc3ccc(Br)cc3)c(Cl)c2)C(=O)N(C)C1=O. The highest BCUT2D eigenvalue weighted by atomic mass is 79.9. The van der Waals surface area contributed by atoms with Crippen molar-refractivity contribution >= 4 is 63.1 Å². The summed E-state index contributed by atoms with van der Waals surface area (Å²) >= 11 is 15.9. The fourth-order valence-electron chi connectivity index (χ4n) is 2.78. The van der Waals surface area contributed by atoms with Crippen LogP contribution in [0.25, 0.3) is 6.08 Å². The molecule has 0 bridgehead atoms. The molecule has 0 atom stereocenters. The van der Waals surface area contributed by atoms with Gasteiger partial charge in [0.25, 0.3) is 11.8 Å². The topological polar surface area (TPSA) is 76.2 Å². The largest absolute Gasteiger partial charge is 0.490 e. The van der Waals surface area contributed by atoms with Gasteiger partial charge < -0.3 is 9.47 Å². The summed E-state index contributed by atoms with van der Waals surface area (Å²) in [4.78, 5) is 38.2. The van der Waals surface area contributed by atoms with Crippen molar-refractivity contribution in [1.82, 2.24) is 9.80 Å². The van der Waals surface area contributed by atoms with Gasteiger partial charge in [0.2, 0.25) is 0 Å². The van der Waals surface area contributed by atoms with E-state index in [9.17, 15) is 14.4 Å². The lowest BCUT2D eigenvalue weighted by Gasteiger charge is -2.28. The van der Waals surface area contributed by atoms with E-state index in [0.717, 1.165) is 14.3 Å². The van der Waals surface area contributed by atoms with Gasteiger partial charge in [-0.3, -0.25) is 19.4 Å². The average Bonchev–Trinajstić information content (AvgIpc) is 2.74. The molecule has 0 radical (unpaired) electrons. The van der Waals surface area contributed by atoms with Crippen LogP contribution in [0, 0.1) is 0 Å². The molecule has 0 aromatic heterocycles. The molecule has 0 N–H and O–H groups in total. The number of imide groups is 2. The van der Waals surface area contributed by atoms with Crippen molar-refractivity contribution in [2.45, 2.75) is 0 Å². The molecule has 1 saturated heterocycles. The Hall–Kier alpha value is -2.55. The van der Waals surface area contributed by atoms with Crippen LogP contribution in [-0.4, -0.2) is 55.0 Å². The van der Waals surface area contributed by atoms with Crippen LogP contribution in [0.5, 0.6) is 11.5 Å².